The van der Waals surface area contributed by atoms with Gasteiger partial charge in [-0.2, -0.15) is 0 Å². The van der Waals surface area contributed by atoms with Crippen LogP contribution >= 0.6 is 0 Å². The monoisotopic (exact) mass is 382 g/mol. The van der Waals surface area contributed by atoms with Gasteiger partial charge in [-0.25, -0.2) is 0 Å². The van der Waals surface area contributed by atoms with E-state index in [-0.39, 0.29) is 0 Å². The van der Waals surface area contributed by atoms with Crippen LogP contribution in [0.4, 0.5) is 0 Å². The molecule has 0 spiro atoms. The van der Waals surface area contributed by atoms with Crippen molar-refractivity contribution in [3.63, 3.8) is 0 Å². The van der Waals surface area contributed by atoms with Gasteiger partial charge in [-0.1, -0.05) is 0 Å². The Morgan fingerprint density at radius 3 is 1.53 bits per heavy atom. The van der Waals surface area contributed by atoms with Crippen LogP contribution in [0.3, 0.4) is 0 Å². The molecular weight excluding hydrogens is 351 g/mol. The summed E-state index contributed by atoms with van der Waals surface area (Å²) in [6, 6.07) is 0. The third-order valence-electron chi connectivity index (χ3n) is 3.38. The van der Waals surface area contributed by atoms with Crippen molar-refractivity contribution < 1.29 is 15.6 Å². The van der Waals surface area contributed by atoms with E-state index < -0.39 is 19.2 Å². The van der Waals surface area contributed by atoms with Gasteiger partial charge < -0.3 is 0 Å². The van der Waals surface area contributed by atoms with E-state index in [1.165, 1.54) is 34.6 Å². The number of hydrogen-bond donors (Lipinski definition) is 0. The summed E-state index contributed by atoms with van der Waals surface area (Å²) in [5, 5.41) is 0. The Labute approximate surface area is 123 Å². The first-order chi connectivity index (χ1) is 9.33. The van der Waals surface area contributed by atoms with Crippen molar-refractivity contribution in [2.75, 3.05) is 39.6 Å². The maximum absolute atomic E-state index is 6.27. The second-order valence-electron chi connectivity index (χ2n) is 5.04. The quantitative estimate of drug-likeness (QED) is 0.663. The molecule has 0 bridgehead atoms. The predicted molar refractivity (Wildman–Crippen MR) is 78.7 cm³/mol. The minimum absolute atomic E-state index is 0.662. The van der Waals surface area contributed by atoms with Crippen LogP contribution in [0.1, 0.15) is 39.5 Å². The standard InChI is InChI=1S/C6H12O4.2C4H9.Sn/c7-1-3-9-5-6-10-4-2-8;2*1-3-4-2;/h1-6H2;2*1,3-4H2,2H3;/q-2;;;+2. The molecular formula is C14H30O4Sn. The molecule has 1 saturated heterocycles. The van der Waals surface area contributed by atoms with Crippen molar-refractivity contribution in [1.82, 2.24) is 0 Å². The van der Waals surface area contributed by atoms with Crippen molar-refractivity contribution >= 4 is 19.2 Å². The molecule has 114 valence electrons. The molecule has 0 amide bonds. The molecule has 0 saturated carbocycles. The van der Waals surface area contributed by atoms with Crippen LogP contribution < -0.4 is 0 Å². The van der Waals surface area contributed by atoms with Gasteiger partial charge in [-0.15, -0.1) is 0 Å². The molecule has 0 aromatic heterocycles. The fourth-order valence-corrected chi connectivity index (χ4v) is 12.5. The van der Waals surface area contributed by atoms with E-state index in [0.29, 0.717) is 39.6 Å². The van der Waals surface area contributed by atoms with E-state index in [0.717, 1.165) is 0 Å². The fraction of sp³-hybridized carbons (Fsp3) is 1.00. The van der Waals surface area contributed by atoms with Crippen molar-refractivity contribution in [3.05, 3.63) is 0 Å². The summed E-state index contributed by atoms with van der Waals surface area (Å²) in [4.78, 5) is 0. The van der Waals surface area contributed by atoms with Crippen LogP contribution in [0.2, 0.25) is 8.87 Å². The number of ether oxygens (including phenoxy) is 2. The normalized spacial score (nSPS) is 21.8. The molecule has 0 N–H and O–H groups in total. The SMILES string of the molecule is CCC[CH2][Sn]1([CH2]CCC)[O]CCOCCOCC[O]1. The van der Waals surface area contributed by atoms with Gasteiger partial charge >= 0.3 is 123 Å². The Morgan fingerprint density at radius 2 is 1.11 bits per heavy atom. The van der Waals surface area contributed by atoms with E-state index in [1.807, 2.05) is 0 Å². The Morgan fingerprint density at radius 1 is 0.684 bits per heavy atom. The van der Waals surface area contributed by atoms with E-state index in [4.69, 9.17) is 15.6 Å². The zero-order valence-electron chi connectivity index (χ0n) is 12.6. The summed E-state index contributed by atoms with van der Waals surface area (Å²) in [5.41, 5.74) is 0. The average Bonchev–Trinajstić information content (AvgIpc) is 2.48. The maximum atomic E-state index is 6.27. The molecule has 1 rings (SSSR count). The van der Waals surface area contributed by atoms with Gasteiger partial charge in [0.05, 0.1) is 0 Å². The summed E-state index contributed by atoms with van der Waals surface area (Å²) < 4.78 is 25.9. The summed E-state index contributed by atoms with van der Waals surface area (Å²) in [6.07, 6.45) is 4.87. The van der Waals surface area contributed by atoms with Crippen molar-refractivity contribution in [3.8, 4) is 0 Å². The molecule has 19 heavy (non-hydrogen) atoms. The summed E-state index contributed by atoms with van der Waals surface area (Å²) >= 11 is -2.87. The number of rotatable bonds is 6. The number of unbranched alkanes of at least 4 members (excludes halogenated alkanes) is 2. The first-order valence-corrected chi connectivity index (χ1v) is 14.1. The van der Waals surface area contributed by atoms with E-state index in [2.05, 4.69) is 13.8 Å². The van der Waals surface area contributed by atoms with Gasteiger partial charge in [-0.05, 0) is 0 Å². The molecule has 0 radical (unpaired) electrons. The summed E-state index contributed by atoms with van der Waals surface area (Å²) in [6.45, 7) is 8.53. The third kappa shape index (κ3) is 7.85. The Balaban J connectivity index is 2.56. The third-order valence-corrected chi connectivity index (χ3v) is 13.9. The topological polar surface area (TPSA) is 36.9 Å². The predicted octanol–water partition coefficient (Wildman–Crippen LogP) is 3.11. The Hall–Kier alpha value is 0.639. The zero-order valence-corrected chi connectivity index (χ0v) is 15.5. The molecule has 1 aliphatic rings. The Bertz CT molecular complexity index is 192. The molecule has 0 aromatic carbocycles. The van der Waals surface area contributed by atoms with Gasteiger partial charge in [0.15, 0.2) is 0 Å². The van der Waals surface area contributed by atoms with Gasteiger partial charge in [0.1, 0.15) is 0 Å². The van der Waals surface area contributed by atoms with Crippen LogP contribution in [-0.2, 0) is 15.6 Å². The Kier molecular flexibility index (Phi) is 10.5. The van der Waals surface area contributed by atoms with Gasteiger partial charge in [-0.3, -0.25) is 0 Å². The molecule has 5 heteroatoms. The average molecular weight is 381 g/mol. The first kappa shape index (κ1) is 17.7. The van der Waals surface area contributed by atoms with Gasteiger partial charge in [0.25, 0.3) is 0 Å². The summed E-state index contributed by atoms with van der Waals surface area (Å²) in [7, 11) is 0. The second kappa shape index (κ2) is 11.3. The van der Waals surface area contributed by atoms with E-state index in [1.54, 1.807) is 0 Å². The molecule has 1 aliphatic heterocycles. The van der Waals surface area contributed by atoms with Crippen LogP contribution in [0.25, 0.3) is 0 Å². The molecule has 1 fully saturated rings. The zero-order chi connectivity index (χ0) is 13.8. The molecule has 4 nitrogen and oxygen atoms in total. The summed E-state index contributed by atoms with van der Waals surface area (Å²) in [5.74, 6) is 0. The van der Waals surface area contributed by atoms with Crippen LogP contribution in [0.15, 0.2) is 0 Å². The van der Waals surface area contributed by atoms with Crippen molar-refractivity contribution in [2.45, 2.75) is 48.4 Å². The van der Waals surface area contributed by atoms with Crippen LogP contribution in [0, 0.1) is 0 Å². The minimum atomic E-state index is -2.87. The molecule has 0 aliphatic carbocycles. The molecule has 1 heterocycles. The molecule has 0 unspecified atom stereocenters. The first-order valence-electron chi connectivity index (χ1n) is 7.76. The fourth-order valence-electron chi connectivity index (χ4n) is 2.24. The number of hydrogen-bond acceptors (Lipinski definition) is 4. The van der Waals surface area contributed by atoms with Crippen molar-refractivity contribution in [2.24, 2.45) is 0 Å². The molecule has 0 atom stereocenters. The van der Waals surface area contributed by atoms with Crippen LogP contribution in [-0.4, -0.2) is 58.8 Å². The van der Waals surface area contributed by atoms with Crippen molar-refractivity contribution in [1.29, 1.82) is 0 Å². The van der Waals surface area contributed by atoms with E-state index >= 15 is 0 Å². The van der Waals surface area contributed by atoms with Gasteiger partial charge in [0, 0.05) is 0 Å². The van der Waals surface area contributed by atoms with Crippen LogP contribution in [0.5, 0.6) is 0 Å². The van der Waals surface area contributed by atoms with Gasteiger partial charge in [0.2, 0.25) is 0 Å². The molecule has 0 aromatic rings. The second-order valence-corrected chi connectivity index (χ2v) is 14.7. The van der Waals surface area contributed by atoms with E-state index in [9.17, 15) is 0 Å².